The zero-order valence-electron chi connectivity index (χ0n) is 7.58. The maximum atomic E-state index is 11.5. The lowest BCUT2D eigenvalue weighted by Crippen LogP contribution is -2.54. The van der Waals surface area contributed by atoms with Crippen molar-refractivity contribution in [3.8, 4) is 0 Å². The highest BCUT2D eigenvalue weighted by Crippen LogP contribution is 2.53. The van der Waals surface area contributed by atoms with Crippen molar-refractivity contribution in [2.45, 2.75) is 38.5 Å². The first-order chi connectivity index (χ1) is 6.17. The molecule has 0 aromatic carbocycles. The van der Waals surface area contributed by atoms with E-state index < -0.39 is 11.4 Å². The third kappa shape index (κ3) is 1.10. The molecule has 2 aliphatic rings. The maximum absolute atomic E-state index is 11.5. The molecule has 0 aromatic rings. The number of rotatable bonds is 1. The van der Waals surface area contributed by atoms with Crippen LogP contribution >= 0.6 is 0 Å². The van der Waals surface area contributed by atoms with Crippen LogP contribution < -0.4 is 0 Å². The third-order valence-corrected chi connectivity index (χ3v) is 3.66. The molecule has 1 unspecified atom stereocenters. The van der Waals surface area contributed by atoms with Crippen molar-refractivity contribution in [3.63, 3.8) is 0 Å². The molecular weight excluding hydrogens is 168 g/mol. The molecule has 1 atom stereocenters. The topological polar surface area (TPSA) is 54.4 Å². The van der Waals surface area contributed by atoms with E-state index in [1.54, 1.807) is 0 Å². The molecule has 2 fully saturated rings. The molecule has 3 nitrogen and oxygen atoms in total. The summed E-state index contributed by atoms with van der Waals surface area (Å²) in [6, 6.07) is 0. The van der Waals surface area contributed by atoms with E-state index in [-0.39, 0.29) is 18.1 Å². The number of aliphatic carboxylic acids is 1. The van der Waals surface area contributed by atoms with Crippen LogP contribution in [-0.2, 0) is 9.59 Å². The maximum Gasteiger partial charge on any atom is 0.307 e. The van der Waals surface area contributed by atoms with Gasteiger partial charge in [0.2, 0.25) is 0 Å². The Bertz CT molecular complexity index is 251. The average molecular weight is 182 g/mol. The highest BCUT2D eigenvalue weighted by Gasteiger charge is 2.57. The molecule has 2 rings (SSSR count). The normalized spacial score (nSPS) is 31.4. The van der Waals surface area contributed by atoms with Gasteiger partial charge in [-0.25, -0.2) is 0 Å². The molecule has 1 spiro atoms. The lowest BCUT2D eigenvalue weighted by molar-refractivity contribution is -0.168. The molecule has 0 heterocycles. The Balaban J connectivity index is 2.17. The quantitative estimate of drug-likeness (QED) is 0.670. The molecular formula is C10H14O3. The number of hydrogen-bond donors (Lipinski definition) is 1. The summed E-state index contributed by atoms with van der Waals surface area (Å²) in [5.41, 5.74) is -0.440. The fraction of sp³-hybridized carbons (Fsp3) is 0.800. The van der Waals surface area contributed by atoms with Gasteiger partial charge in [0.25, 0.3) is 0 Å². The van der Waals surface area contributed by atoms with Crippen LogP contribution in [0, 0.1) is 11.3 Å². The molecule has 0 bridgehead atoms. The van der Waals surface area contributed by atoms with Crippen LogP contribution in [0.1, 0.15) is 38.5 Å². The lowest BCUT2D eigenvalue weighted by Gasteiger charge is -2.47. The van der Waals surface area contributed by atoms with Crippen molar-refractivity contribution in [2.24, 2.45) is 11.3 Å². The summed E-state index contributed by atoms with van der Waals surface area (Å²) in [5.74, 6) is -0.957. The number of ketones is 1. The zero-order valence-corrected chi connectivity index (χ0v) is 7.58. The molecule has 0 aromatic heterocycles. The van der Waals surface area contributed by atoms with Crippen molar-refractivity contribution in [1.29, 1.82) is 0 Å². The van der Waals surface area contributed by atoms with Gasteiger partial charge in [0.15, 0.2) is 0 Å². The molecule has 0 amide bonds. The number of carbonyl (C=O) groups excluding carboxylic acids is 1. The summed E-state index contributed by atoms with van der Waals surface area (Å²) >= 11 is 0. The minimum absolute atomic E-state index is 0.194. The molecule has 0 saturated heterocycles. The predicted octanol–water partition coefficient (Wildman–Crippen LogP) is 1.61. The highest BCUT2D eigenvalue weighted by molar-refractivity contribution is 5.99. The number of carboxylic acids is 1. The minimum atomic E-state index is -0.776. The van der Waals surface area contributed by atoms with Crippen LogP contribution in [0.5, 0.6) is 0 Å². The second-order valence-electron chi connectivity index (χ2n) is 4.23. The van der Waals surface area contributed by atoms with Gasteiger partial charge < -0.3 is 5.11 Å². The number of hydrogen-bond acceptors (Lipinski definition) is 2. The van der Waals surface area contributed by atoms with Gasteiger partial charge in [0.1, 0.15) is 5.78 Å². The number of carbonyl (C=O) groups is 2. The van der Waals surface area contributed by atoms with Crippen molar-refractivity contribution in [2.75, 3.05) is 0 Å². The summed E-state index contributed by atoms with van der Waals surface area (Å²) in [5, 5.41) is 8.92. The van der Waals surface area contributed by atoms with Crippen molar-refractivity contribution in [1.82, 2.24) is 0 Å². The first-order valence-electron chi connectivity index (χ1n) is 4.93. The van der Waals surface area contributed by atoms with E-state index in [1.807, 2.05) is 0 Å². The summed E-state index contributed by atoms with van der Waals surface area (Å²) < 4.78 is 0. The Morgan fingerprint density at radius 1 is 1.31 bits per heavy atom. The van der Waals surface area contributed by atoms with Crippen LogP contribution in [0.2, 0.25) is 0 Å². The monoisotopic (exact) mass is 182 g/mol. The van der Waals surface area contributed by atoms with Crippen molar-refractivity contribution >= 4 is 11.8 Å². The van der Waals surface area contributed by atoms with Gasteiger partial charge in [-0.1, -0.05) is 19.3 Å². The Hall–Kier alpha value is -0.860. The van der Waals surface area contributed by atoms with Crippen LogP contribution in [0.15, 0.2) is 0 Å². The van der Waals surface area contributed by atoms with Crippen LogP contribution in [0.25, 0.3) is 0 Å². The van der Waals surface area contributed by atoms with Gasteiger partial charge in [-0.15, -0.1) is 0 Å². The first-order valence-corrected chi connectivity index (χ1v) is 4.93. The third-order valence-electron chi connectivity index (χ3n) is 3.66. The van der Waals surface area contributed by atoms with Gasteiger partial charge in [0, 0.05) is 11.8 Å². The number of Topliss-reactive ketones (excluding diaryl/α,β-unsaturated/α-hetero) is 1. The smallest absolute Gasteiger partial charge is 0.307 e. The van der Waals surface area contributed by atoms with E-state index in [9.17, 15) is 9.59 Å². The lowest BCUT2D eigenvalue weighted by atomic mass is 9.53. The van der Waals surface area contributed by atoms with Gasteiger partial charge in [0.05, 0.1) is 5.92 Å². The zero-order chi connectivity index (χ0) is 9.47. The Morgan fingerprint density at radius 2 is 1.92 bits per heavy atom. The van der Waals surface area contributed by atoms with E-state index in [4.69, 9.17) is 5.11 Å². The van der Waals surface area contributed by atoms with E-state index >= 15 is 0 Å². The Kier molecular flexibility index (Phi) is 1.90. The van der Waals surface area contributed by atoms with Gasteiger partial charge in [-0.2, -0.15) is 0 Å². The Labute approximate surface area is 77.1 Å². The SMILES string of the molecule is O=C(O)C1CC(=O)C12CCCCC2. The van der Waals surface area contributed by atoms with E-state index in [0.29, 0.717) is 0 Å². The fourth-order valence-electron chi connectivity index (χ4n) is 2.78. The molecule has 2 aliphatic carbocycles. The van der Waals surface area contributed by atoms with Gasteiger partial charge >= 0.3 is 5.97 Å². The summed E-state index contributed by atoms with van der Waals surface area (Å²) in [4.78, 5) is 22.3. The van der Waals surface area contributed by atoms with Crippen molar-refractivity contribution < 1.29 is 14.7 Å². The molecule has 0 radical (unpaired) electrons. The molecule has 2 saturated carbocycles. The summed E-state index contributed by atoms with van der Waals surface area (Å²) in [6.45, 7) is 0. The first kappa shape index (κ1) is 8.73. The standard InChI is InChI=1S/C10H14O3/c11-8-6-7(9(12)13)10(8)4-2-1-3-5-10/h7H,1-6H2,(H,12,13). The molecule has 72 valence electrons. The van der Waals surface area contributed by atoms with Gasteiger partial charge in [-0.05, 0) is 12.8 Å². The van der Waals surface area contributed by atoms with Crippen LogP contribution in [-0.4, -0.2) is 16.9 Å². The summed E-state index contributed by atoms with van der Waals surface area (Å²) in [7, 11) is 0. The van der Waals surface area contributed by atoms with Gasteiger partial charge in [-0.3, -0.25) is 9.59 Å². The molecule has 1 N–H and O–H groups in total. The van der Waals surface area contributed by atoms with E-state index in [2.05, 4.69) is 0 Å². The highest BCUT2D eigenvalue weighted by atomic mass is 16.4. The summed E-state index contributed by atoms with van der Waals surface area (Å²) in [6.07, 6.45) is 5.09. The predicted molar refractivity (Wildman–Crippen MR) is 46.3 cm³/mol. The minimum Gasteiger partial charge on any atom is -0.481 e. The van der Waals surface area contributed by atoms with Crippen LogP contribution in [0.3, 0.4) is 0 Å². The fourth-order valence-corrected chi connectivity index (χ4v) is 2.78. The second-order valence-corrected chi connectivity index (χ2v) is 4.23. The molecule has 3 heteroatoms. The molecule has 13 heavy (non-hydrogen) atoms. The van der Waals surface area contributed by atoms with Crippen molar-refractivity contribution in [3.05, 3.63) is 0 Å². The van der Waals surface area contributed by atoms with E-state index in [1.165, 1.54) is 0 Å². The van der Waals surface area contributed by atoms with Crippen LogP contribution in [0.4, 0.5) is 0 Å². The average Bonchev–Trinajstić information content (AvgIpc) is 2.15. The molecule has 0 aliphatic heterocycles. The number of carboxylic acid groups (broad SMARTS) is 1. The second kappa shape index (κ2) is 2.82. The van der Waals surface area contributed by atoms with E-state index in [0.717, 1.165) is 32.1 Å². The largest absolute Gasteiger partial charge is 0.481 e. The Morgan fingerprint density at radius 3 is 2.38 bits per heavy atom.